The van der Waals surface area contributed by atoms with Crippen molar-refractivity contribution in [1.82, 2.24) is 0 Å². The Morgan fingerprint density at radius 1 is 1.43 bits per heavy atom. The van der Waals surface area contributed by atoms with Crippen molar-refractivity contribution in [3.63, 3.8) is 0 Å². The first-order valence-electron chi connectivity index (χ1n) is 2.47. The van der Waals surface area contributed by atoms with E-state index in [1.165, 1.54) is 18.6 Å². The molecule has 46 valence electrons. The summed E-state index contributed by atoms with van der Waals surface area (Å²) in [7, 11) is 0. The molecule has 0 heterocycles. The molecule has 7 heavy (non-hydrogen) atoms. The first kappa shape index (κ1) is 11.0. The van der Waals surface area contributed by atoms with Gasteiger partial charge in [0.15, 0.2) is 0 Å². The van der Waals surface area contributed by atoms with Crippen LogP contribution >= 0.6 is 0 Å². The lowest BCUT2D eigenvalue weighted by Gasteiger charge is -1.79. The fraction of sp³-hybridized carbons (Fsp3) is 1.00. The number of halogens is 1. The molecule has 0 aliphatic carbocycles. The Hall–Kier alpha value is 1.08. The lowest BCUT2D eigenvalue weighted by molar-refractivity contribution is -0.00000139. The van der Waals surface area contributed by atoms with Gasteiger partial charge in [0.05, 0.1) is 6.26 Å². The molecule has 0 rings (SSSR count). The number of thiol groups is 1. The summed E-state index contributed by atoms with van der Waals surface area (Å²) >= 11 is 1.55. The maximum absolute atomic E-state index is 2.23. The highest BCUT2D eigenvalue weighted by atomic mass is 127. The number of hydrogen-bond acceptors (Lipinski definition) is 0. The van der Waals surface area contributed by atoms with E-state index in [0.717, 1.165) is 0 Å². The van der Waals surface area contributed by atoms with Crippen LogP contribution in [0.15, 0.2) is 0 Å². The Balaban J connectivity index is 0. The third-order valence-electron chi connectivity index (χ3n) is 0.735. The predicted octanol–water partition coefficient (Wildman–Crippen LogP) is -1.76. The molecule has 0 radical (unpaired) electrons. The molecule has 0 aromatic carbocycles. The van der Waals surface area contributed by atoms with E-state index in [0.29, 0.717) is 0 Å². The van der Waals surface area contributed by atoms with Crippen LogP contribution in [0.5, 0.6) is 0 Å². The average molecular weight is 232 g/mol. The van der Waals surface area contributed by atoms with E-state index in [9.17, 15) is 0 Å². The molecule has 0 aromatic heterocycles. The zero-order valence-corrected chi connectivity index (χ0v) is 8.00. The van der Waals surface area contributed by atoms with Crippen LogP contribution in [0, 0.1) is 0 Å². The van der Waals surface area contributed by atoms with Gasteiger partial charge in [0.25, 0.3) is 0 Å². The Kier molecular flexibility index (Phi) is 15.9. The van der Waals surface area contributed by atoms with E-state index in [4.69, 9.17) is 0 Å². The maximum atomic E-state index is 2.23. The largest absolute Gasteiger partial charge is 1.00 e. The van der Waals surface area contributed by atoms with Gasteiger partial charge in [-0.05, 0) is 18.2 Å². The standard InChI is InChI=1S/C5H12S.HI/c1-3-4-5-6-2;/h3-5H2,1-2H3;1H. The van der Waals surface area contributed by atoms with Crippen LogP contribution in [0.2, 0.25) is 0 Å². The third-order valence-corrected chi connectivity index (χ3v) is 1.50. The molecule has 0 atom stereocenters. The third kappa shape index (κ3) is 11.0. The van der Waals surface area contributed by atoms with Crippen molar-refractivity contribution in [3.05, 3.63) is 0 Å². The van der Waals surface area contributed by atoms with Gasteiger partial charge in [0.2, 0.25) is 0 Å². The predicted molar refractivity (Wildman–Crippen MR) is 34.5 cm³/mol. The zero-order chi connectivity index (χ0) is 4.83. The normalized spacial score (nSPS) is 7.71. The number of rotatable bonds is 3. The molecule has 0 unspecified atom stereocenters. The molecule has 2 heteroatoms. The maximum Gasteiger partial charge on any atom is 0.105 e. The summed E-state index contributed by atoms with van der Waals surface area (Å²) in [4.78, 5) is 0. The minimum Gasteiger partial charge on any atom is -1.00 e. The molecular weight excluding hydrogens is 219 g/mol. The van der Waals surface area contributed by atoms with Gasteiger partial charge >= 0.3 is 0 Å². The van der Waals surface area contributed by atoms with Gasteiger partial charge in [-0.2, -0.15) is 0 Å². The fourth-order valence-corrected chi connectivity index (χ4v) is 0.949. The number of unbranched alkanes of at least 4 members (excludes halogenated alkanes) is 1. The fourth-order valence-electron chi connectivity index (χ4n) is 0.316. The molecule has 0 aliphatic heterocycles. The van der Waals surface area contributed by atoms with Crippen LogP contribution in [-0.2, 0) is 11.8 Å². The summed E-state index contributed by atoms with van der Waals surface area (Å²) in [5.41, 5.74) is 0. The second kappa shape index (κ2) is 10.1. The van der Waals surface area contributed by atoms with Gasteiger partial charge in [-0.3, -0.25) is 0 Å². The molecule has 0 saturated carbocycles. The average Bonchev–Trinajstić information content (AvgIpc) is 1.61. The van der Waals surface area contributed by atoms with E-state index in [1.807, 2.05) is 0 Å². The first-order chi connectivity index (χ1) is 2.91. The summed E-state index contributed by atoms with van der Waals surface area (Å²) < 4.78 is 0. The highest BCUT2D eigenvalue weighted by molar-refractivity contribution is 7.77. The molecule has 0 N–H and O–H groups in total. The van der Waals surface area contributed by atoms with Crippen LogP contribution < -0.4 is 24.0 Å². The second-order valence-electron chi connectivity index (χ2n) is 1.39. The van der Waals surface area contributed by atoms with Crippen molar-refractivity contribution in [2.75, 3.05) is 12.0 Å². The van der Waals surface area contributed by atoms with Crippen LogP contribution in [-0.4, -0.2) is 12.0 Å². The summed E-state index contributed by atoms with van der Waals surface area (Å²) in [6.45, 7) is 2.23. The topological polar surface area (TPSA) is 0 Å². The van der Waals surface area contributed by atoms with E-state index in [-0.39, 0.29) is 24.0 Å². The van der Waals surface area contributed by atoms with Gasteiger partial charge in [-0.25, -0.2) is 0 Å². The highest BCUT2D eigenvalue weighted by Gasteiger charge is 1.82. The molecule has 0 saturated heterocycles. The Bertz CT molecular complexity index is 20.0. The molecule has 0 nitrogen and oxygen atoms in total. The summed E-state index contributed by atoms with van der Waals surface area (Å²) in [6.07, 6.45) is 4.95. The van der Waals surface area contributed by atoms with Crippen LogP contribution in [0.4, 0.5) is 0 Å². The summed E-state index contributed by atoms with van der Waals surface area (Å²) in [5, 5.41) is 0. The zero-order valence-electron chi connectivity index (χ0n) is 4.95. The van der Waals surface area contributed by atoms with Gasteiger partial charge in [0, 0.05) is 0 Å². The Labute approximate surface area is 67.5 Å². The van der Waals surface area contributed by atoms with Crippen molar-refractivity contribution in [1.29, 1.82) is 0 Å². The molecule has 0 bridgehead atoms. The monoisotopic (exact) mass is 232 g/mol. The van der Waals surface area contributed by atoms with Crippen molar-refractivity contribution in [2.45, 2.75) is 19.8 Å². The van der Waals surface area contributed by atoms with E-state index in [2.05, 4.69) is 13.2 Å². The minimum atomic E-state index is 0. The van der Waals surface area contributed by atoms with Crippen LogP contribution in [0.1, 0.15) is 19.8 Å². The van der Waals surface area contributed by atoms with Crippen molar-refractivity contribution in [3.8, 4) is 0 Å². The van der Waals surface area contributed by atoms with Crippen LogP contribution in [0.3, 0.4) is 0 Å². The molecule has 0 aromatic rings. The highest BCUT2D eigenvalue weighted by Crippen LogP contribution is 1.83. The molecule has 0 aliphatic rings. The molecule has 0 spiro atoms. The van der Waals surface area contributed by atoms with Gasteiger partial charge in [-0.1, -0.05) is 13.3 Å². The SMILES string of the molecule is CCCC[SH+]C.[I-]. The lowest BCUT2D eigenvalue weighted by atomic mass is 10.4. The Morgan fingerprint density at radius 2 is 2.00 bits per heavy atom. The molecular formula is C5H13IS. The van der Waals surface area contributed by atoms with Gasteiger partial charge < -0.3 is 24.0 Å². The van der Waals surface area contributed by atoms with E-state index < -0.39 is 0 Å². The molecule has 0 fully saturated rings. The van der Waals surface area contributed by atoms with E-state index >= 15 is 0 Å². The van der Waals surface area contributed by atoms with Crippen molar-refractivity contribution < 1.29 is 24.0 Å². The Morgan fingerprint density at radius 3 is 2.14 bits per heavy atom. The van der Waals surface area contributed by atoms with Crippen molar-refractivity contribution in [2.24, 2.45) is 0 Å². The lowest BCUT2D eigenvalue weighted by Crippen LogP contribution is -3.00. The number of hydrogen-bond donors (Lipinski definition) is 0. The second-order valence-corrected chi connectivity index (χ2v) is 2.47. The quantitative estimate of drug-likeness (QED) is 0.234. The summed E-state index contributed by atoms with van der Waals surface area (Å²) in [5.74, 6) is 1.39. The van der Waals surface area contributed by atoms with Crippen LogP contribution in [0.25, 0.3) is 0 Å². The molecule has 0 amide bonds. The van der Waals surface area contributed by atoms with Gasteiger partial charge in [0.1, 0.15) is 5.75 Å². The first-order valence-corrected chi connectivity index (χ1v) is 4.00. The smallest absolute Gasteiger partial charge is 0.105 e. The summed E-state index contributed by atoms with van der Waals surface area (Å²) in [6, 6.07) is 0. The van der Waals surface area contributed by atoms with Crippen molar-refractivity contribution >= 4 is 11.8 Å². The minimum absolute atomic E-state index is 0. The van der Waals surface area contributed by atoms with Gasteiger partial charge in [-0.15, -0.1) is 0 Å². The van der Waals surface area contributed by atoms with E-state index in [1.54, 1.807) is 11.8 Å².